The average Bonchev–Trinajstić information content (AvgIpc) is 3.11. The number of hydrogen-bond acceptors (Lipinski definition) is 0. The van der Waals surface area contributed by atoms with Crippen molar-refractivity contribution in [3.05, 3.63) is 43.8 Å². The molecule has 0 aliphatic heterocycles. The number of halogens is 2. The van der Waals surface area contributed by atoms with Crippen LogP contribution in [0.4, 0.5) is 0 Å². The van der Waals surface area contributed by atoms with Gasteiger partial charge in [-0.05, 0) is 0 Å². The zero-order valence-electron chi connectivity index (χ0n) is 16.1. The van der Waals surface area contributed by atoms with E-state index < -0.39 is 22.8 Å². The standard InChI is InChI=1S/C18H25.C3H6.2ClH.Zr/c1-5-14-13-18(8-4,15-11-9-10-12-15)17(7-3)16(14)6-2;1-3-2;;;/h9-11H,5-8,12H2,1-4H3;1-2H3;2*1H;. The fourth-order valence-corrected chi connectivity index (χ4v) is 8.63. The second kappa shape index (κ2) is 10.4. The molecule has 3 heteroatoms. The van der Waals surface area contributed by atoms with Gasteiger partial charge in [-0.1, -0.05) is 0 Å². The van der Waals surface area contributed by atoms with E-state index >= 15 is 0 Å². The van der Waals surface area contributed by atoms with Gasteiger partial charge in [-0.2, -0.15) is 0 Å². The van der Waals surface area contributed by atoms with E-state index in [1.807, 2.05) is 3.28 Å². The second-order valence-corrected chi connectivity index (χ2v) is 10.9. The molecule has 0 heterocycles. The van der Waals surface area contributed by atoms with Crippen LogP contribution in [-0.2, 0) is 22.8 Å². The van der Waals surface area contributed by atoms with E-state index in [4.69, 9.17) is 0 Å². The summed E-state index contributed by atoms with van der Waals surface area (Å²) in [7, 11) is 0. The van der Waals surface area contributed by atoms with Crippen molar-refractivity contribution in [2.24, 2.45) is 5.41 Å². The van der Waals surface area contributed by atoms with E-state index in [9.17, 15) is 0 Å². The maximum absolute atomic E-state index is 2.43. The van der Waals surface area contributed by atoms with Gasteiger partial charge in [-0.3, -0.25) is 0 Å². The minimum absolute atomic E-state index is 0. The fourth-order valence-electron chi connectivity index (χ4n) is 4.50. The SMILES string of the molecule is CCC1=C(CC)C(CC)(C2=CC=CC2)[C]([Zr]=[C](C)C)=C1CC.Cl.Cl. The van der Waals surface area contributed by atoms with Crippen LogP contribution in [0.25, 0.3) is 0 Å². The molecule has 2 aliphatic carbocycles. The van der Waals surface area contributed by atoms with Gasteiger partial charge in [-0.25, -0.2) is 0 Å². The molecule has 0 saturated heterocycles. The van der Waals surface area contributed by atoms with Crippen molar-refractivity contribution < 1.29 is 22.8 Å². The summed E-state index contributed by atoms with van der Waals surface area (Å²) >= 11 is -0.605. The van der Waals surface area contributed by atoms with Gasteiger partial charge >= 0.3 is 149 Å². The molecular weight excluding hydrogens is 414 g/mol. The van der Waals surface area contributed by atoms with E-state index in [2.05, 4.69) is 59.8 Å². The van der Waals surface area contributed by atoms with Crippen LogP contribution in [0.3, 0.4) is 0 Å². The molecule has 0 bridgehead atoms. The average molecular weight is 448 g/mol. The van der Waals surface area contributed by atoms with E-state index in [0.717, 1.165) is 6.42 Å². The predicted octanol–water partition coefficient (Wildman–Crippen LogP) is 7.20. The summed E-state index contributed by atoms with van der Waals surface area (Å²) in [6.45, 7) is 14.3. The Morgan fingerprint density at radius 3 is 2.00 bits per heavy atom. The number of rotatable bonds is 6. The smallest absolute Gasteiger partial charge is 0.147 e. The summed E-state index contributed by atoms with van der Waals surface area (Å²) in [4.78, 5) is 0. The van der Waals surface area contributed by atoms with Crippen molar-refractivity contribution in [1.29, 1.82) is 0 Å². The van der Waals surface area contributed by atoms with Gasteiger partial charge in [0.25, 0.3) is 0 Å². The van der Waals surface area contributed by atoms with Gasteiger partial charge in [0.2, 0.25) is 0 Å². The van der Waals surface area contributed by atoms with Gasteiger partial charge in [-0.15, -0.1) is 24.8 Å². The molecule has 1 atom stereocenters. The Kier molecular flexibility index (Phi) is 10.6. The second-order valence-electron chi connectivity index (χ2n) is 6.58. The molecule has 135 valence electrons. The largest absolute Gasteiger partial charge is 0.147 e. The third-order valence-corrected chi connectivity index (χ3v) is 8.89. The molecule has 0 N–H and O–H groups in total. The Morgan fingerprint density at radius 1 is 1.00 bits per heavy atom. The maximum atomic E-state index is 2.43. The van der Waals surface area contributed by atoms with Crippen LogP contribution >= 0.6 is 24.8 Å². The molecule has 24 heavy (non-hydrogen) atoms. The molecule has 1 unspecified atom stereocenters. The topological polar surface area (TPSA) is 0 Å². The van der Waals surface area contributed by atoms with Crippen LogP contribution in [0.5, 0.6) is 0 Å². The molecule has 0 amide bonds. The van der Waals surface area contributed by atoms with Crippen LogP contribution in [-0.4, -0.2) is 3.21 Å². The minimum Gasteiger partial charge on any atom is -0.147 e. The van der Waals surface area contributed by atoms with Gasteiger partial charge in [0.1, 0.15) is 0 Å². The van der Waals surface area contributed by atoms with Gasteiger partial charge in [0.15, 0.2) is 0 Å². The van der Waals surface area contributed by atoms with Crippen LogP contribution in [0.2, 0.25) is 0 Å². The molecular formula is C21H33Cl2Zr. The summed E-state index contributed by atoms with van der Waals surface area (Å²) in [5.41, 5.74) is 7.21. The van der Waals surface area contributed by atoms with Gasteiger partial charge in [0.05, 0.1) is 0 Å². The van der Waals surface area contributed by atoms with Crippen molar-refractivity contribution in [2.45, 2.75) is 73.6 Å². The fraction of sp³-hybridized carbons (Fsp3) is 0.571. The summed E-state index contributed by atoms with van der Waals surface area (Å²) < 4.78 is 3.60. The zero-order valence-corrected chi connectivity index (χ0v) is 20.2. The first-order valence-electron chi connectivity index (χ1n) is 8.96. The first kappa shape index (κ1) is 24.3. The Bertz CT molecular complexity index is 601. The first-order chi connectivity index (χ1) is 10.6. The number of allylic oxidation sites excluding steroid dienone is 8. The Hall–Kier alpha value is 0.293. The molecule has 0 aromatic carbocycles. The number of hydrogen-bond donors (Lipinski definition) is 0. The van der Waals surface area contributed by atoms with E-state index in [1.54, 1.807) is 25.5 Å². The Balaban J connectivity index is 0.00000264. The summed E-state index contributed by atoms with van der Waals surface area (Å²) in [6.07, 6.45) is 13.1. The summed E-state index contributed by atoms with van der Waals surface area (Å²) in [5.74, 6) is 0. The predicted molar refractivity (Wildman–Crippen MR) is 110 cm³/mol. The molecule has 0 saturated carbocycles. The van der Waals surface area contributed by atoms with Crippen molar-refractivity contribution in [1.82, 2.24) is 0 Å². The van der Waals surface area contributed by atoms with Gasteiger partial charge < -0.3 is 0 Å². The molecule has 0 nitrogen and oxygen atoms in total. The van der Waals surface area contributed by atoms with Crippen LogP contribution in [0, 0.1) is 5.41 Å². The van der Waals surface area contributed by atoms with Crippen LogP contribution in [0.15, 0.2) is 43.8 Å². The maximum Gasteiger partial charge on any atom is -0.147 e. The molecule has 0 aromatic heterocycles. The summed E-state index contributed by atoms with van der Waals surface area (Å²) in [6, 6.07) is 0. The van der Waals surface area contributed by atoms with Crippen molar-refractivity contribution >= 4 is 28.0 Å². The third-order valence-electron chi connectivity index (χ3n) is 5.26. The Morgan fingerprint density at radius 2 is 1.62 bits per heavy atom. The molecule has 0 fully saturated rings. The van der Waals surface area contributed by atoms with Crippen molar-refractivity contribution in [3.8, 4) is 0 Å². The van der Waals surface area contributed by atoms with Crippen LogP contribution in [0.1, 0.15) is 73.6 Å². The van der Waals surface area contributed by atoms with Crippen molar-refractivity contribution in [2.75, 3.05) is 0 Å². The molecule has 2 aliphatic rings. The first-order valence-corrected chi connectivity index (χ1v) is 11.4. The van der Waals surface area contributed by atoms with E-state index in [0.29, 0.717) is 5.41 Å². The molecule has 0 spiro atoms. The monoisotopic (exact) mass is 445 g/mol. The normalized spacial score (nSPS) is 22.2. The van der Waals surface area contributed by atoms with E-state index in [1.165, 1.54) is 25.7 Å². The molecule has 0 radical (unpaired) electrons. The quantitative estimate of drug-likeness (QED) is 0.404. The minimum atomic E-state index is -0.605. The van der Waals surface area contributed by atoms with Gasteiger partial charge in [0, 0.05) is 0 Å². The third kappa shape index (κ3) is 4.00. The van der Waals surface area contributed by atoms with Crippen molar-refractivity contribution in [3.63, 3.8) is 0 Å². The molecule has 0 aromatic rings. The summed E-state index contributed by atoms with van der Waals surface area (Å²) in [5, 5.41) is 0. The van der Waals surface area contributed by atoms with E-state index in [-0.39, 0.29) is 24.8 Å². The van der Waals surface area contributed by atoms with Crippen LogP contribution < -0.4 is 0 Å². The molecule has 2 rings (SSSR count). The zero-order chi connectivity index (χ0) is 16.3. The Labute approximate surface area is 172 Å².